The largest absolute Gasteiger partial charge is 0.324 e. The maximum absolute atomic E-state index is 13.5. The second-order valence-electron chi connectivity index (χ2n) is 7.70. The van der Waals surface area contributed by atoms with Crippen LogP contribution in [0.25, 0.3) is 21.3 Å². The van der Waals surface area contributed by atoms with E-state index < -0.39 is 5.25 Å². The van der Waals surface area contributed by atoms with Gasteiger partial charge < -0.3 is 5.32 Å². The van der Waals surface area contributed by atoms with Crippen LogP contribution in [-0.4, -0.2) is 20.7 Å². The lowest BCUT2D eigenvalue weighted by Gasteiger charge is -2.15. The van der Waals surface area contributed by atoms with Gasteiger partial charge in [-0.25, -0.2) is 4.98 Å². The Kier molecular flexibility index (Phi) is 6.96. The molecule has 170 valence electrons. The fraction of sp³-hybridized carbons (Fsp3) is 0.154. The van der Waals surface area contributed by atoms with Crippen LogP contribution < -0.4 is 10.9 Å². The number of nitriles is 1. The molecule has 1 unspecified atom stereocenters. The zero-order valence-electron chi connectivity index (χ0n) is 18.7. The second-order valence-corrected chi connectivity index (χ2v) is 9.87. The van der Waals surface area contributed by atoms with E-state index >= 15 is 0 Å². The molecule has 4 aromatic rings. The minimum Gasteiger partial charge on any atom is -0.324 e. The summed E-state index contributed by atoms with van der Waals surface area (Å²) in [5, 5.41) is 14.5. The van der Waals surface area contributed by atoms with Gasteiger partial charge in [-0.2, -0.15) is 5.26 Å². The first-order valence-corrected chi connectivity index (χ1v) is 12.4. The number of nitrogens with zero attached hydrogens (tertiary/aromatic N) is 3. The number of allylic oxidation sites excluding steroid dienone is 1. The number of hydrogen-bond acceptors (Lipinski definition) is 6. The molecule has 0 saturated heterocycles. The molecule has 0 saturated carbocycles. The van der Waals surface area contributed by atoms with Crippen molar-refractivity contribution < 1.29 is 4.79 Å². The summed E-state index contributed by atoms with van der Waals surface area (Å²) in [6.07, 6.45) is 1.64. The Morgan fingerprint density at radius 2 is 2.03 bits per heavy atom. The number of aryl methyl sites for hydroxylation is 1. The molecule has 8 heteroatoms. The van der Waals surface area contributed by atoms with Crippen LogP contribution in [0.5, 0.6) is 0 Å². The van der Waals surface area contributed by atoms with Crippen LogP contribution in [0.3, 0.4) is 0 Å². The highest BCUT2D eigenvalue weighted by molar-refractivity contribution is 8.00. The van der Waals surface area contributed by atoms with E-state index in [0.717, 1.165) is 16.7 Å². The van der Waals surface area contributed by atoms with E-state index in [2.05, 4.69) is 18.0 Å². The first-order chi connectivity index (χ1) is 16.4. The van der Waals surface area contributed by atoms with Gasteiger partial charge in [-0.3, -0.25) is 14.2 Å². The molecule has 0 radical (unpaired) electrons. The first-order valence-electron chi connectivity index (χ1n) is 10.6. The van der Waals surface area contributed by atoms with Crippen LogP contribution in [0.1, 0.15) is 18.1 Å². The van der Waals surface area contributed by atoms with Gasteiger partial charge in [0.15, 0.2) is 5.16 Å². The van der Waals surface area contributed by atoms with Gasteiger partial charge in [0.25, 0.3) is 5.56 Å². The second kappa shape index (κ2) is 10.1. The lowest BCUT2D eigenvalue weighted by molar-refractivity contribution is -0.115. The standard InChI is InChI=1S/C26H22N4O2S2/c1-4-13-30-25(32)22-20(18-11-9-16(2)10-12-18)15-33-24(22)29-26(30)34-17(3)23(31)28-21-8-6-5-7-19(21)14-27/h4-12,15,17H,1,13H2,2-3H3,(H,28,31). The quantitative estimate of drug-likeness (QED) is 0.208. The number of nitrogens with one attached hydrogen (secondary N) is 1. The minimum atomic E-state index is -0.552. The topological polar surface area (TPSA) is 87.8 Å². The Bertz CT molecular complexity index is 1480. The number of carbonyl (C=O) groups excluding carboxylic acids is 1. The summed E-state index contributed by atoms with van der Waals surface area (Å²) in [6, 6.07) is 16.9. The van der Waals surface area contributed by atoms with Crippen LogP contribution in [0, 0.1) is 18.3 Å². The maximum Gasteiger partial charge on any atom is 0.263 e. The number of carbonyl (C=O) groups is 1. The smallest absolute Gasteiger partial charge is 0.263 e. The van der Waals surface area contributed by atoms with Crippen molar-refractivity contribution in [1.82, 2.24) is 9.55 Å². The van der Waals surface area contributed by atoms with Crippen molar-refractivity contribution >= 4 is 44.9 Å². The first kappa shape index (κ1) is 23.5. The van der Waals surface area contributed by atoms with Crippen molar-refractivity contribution in [1.29, 1.82) is 5.26 Å². The predicted octanol–water partition coefficient (Wildman–Crippen LogP) is 5.61. The van der Waals surface area contributed by atoms with Gasteiger partial charge in [-0.05, 0) is 31.5 Å². The number of amides is 1. The Labute approximate surface area is 205 Å². The minimum absolute atomic E-state index is 0.161. The van der Waals surface area contributed by atoms with Crippen LogP contribution in [0.15, 0.2) is 76.5 Å². The van der Waals surface area contributed by atoms with Crippen molar-refractivity contribution in [3.8, 4) is 17.2 Å². The van der Waals surface area contributed by atoms with E-state index in [9.17, 15) is 14.9 Å². The number of hydrogen-bond donors (Lipinski definition) is 1. The molecule has 0 fully saturated rings. The Hall–Kier alpha value is -3.67. The van der Waals surface area contributed by atoms with Gasteiger partial charge in [0.2, 0.25) is 5.91 Å². The van der Waals surface area contributed by atoms with Crippen LogP contribution in [0.4, 0.5) is 5.69 Å². The van der Waals surface area contributed by atoms with Crippen molar-refractivity contribution in [2.24, 2.45) is 0 Å². The van der Waals surface area contributed by atoms with E-state index in [0.29, 0.717) is 26.6 Å². The molecule has 2 heterocycles. The molecule has 34 heavy (non-hydrogen) atoms. The lowest BCUT2D eigenvalue weighted by Crippen LogP contribution is -2.27. The predicted molar refractivity (Wildman–Crippen MR) is 139 cm³/mol. The molecule has 0 aliphatic carbocycles. The number of aromatic nitrogens is 2. The van der Waals surface area contributed by atoms with Gasteiger partial charge in [-0.1, -0.05) is 59.8 Å². The van der Waals surface area contributed by atoms with Gasteiger partial charge in [-0.15, -0.1) is 17.9 Å². The molecule has 4 rings (SSSR count). The third-order valence-electron chi connectivity index (χ3n) is 5.29. The normalized spacial score (nSPS) is 11.7. The number of fused-ring (bicyclic) bond motifs is 1. The molecule has 2 aromatic heterocycles. The van der Waals surface area contributed by atoms with Crippen LogP contribution in [0.2, 0.25) is 0 Å². The molecule has 6 nitrogen and oxygen atoms in total. The summed E-state index contributed by atoms with van der Waals surface area (Å²) < 4.78 is 1.55. The van der Waals surface area contributed by atoms with Crippen molar-refractivity contribution in [2.75, 3.05) is 5.32 Å². The van der Waals surface area contributed by atoms with E-state index in [-0.39, 0.29) is 18.0 Å². The van der Waals surface area contributed by atoms with Crippen molar-refractivity contribution in [3.63, 3.8) is 0 Å². The third-order valence-corrected chi connectivity index (χ3v) is 7.25. The number of rotatable bonds is 7. The molecule has 0 bridgehead atoms. The Morgan fingerprint density at radius 1 is 1.29 bits per heavy atom. The lowest BCUT2D eigenvalue weighted by atomic mass is 10.1. The number of thiophene rings is 1. The zero-order chi connectivity index (χ0) is 24.2. The fourth-order valence-corrected chi connectivity index (χ4v) is 5.37. The summed E-state index contributed by atoms with van der Waals surface area (Å²) in [7, 11) is 0. The van der Waals surface area contributed by atoms with Gasteiger partial charge in [0.05, 0.1) is 21.9 Å². The Balaban J connectivity index is 1.68. The van der Waals surface area contributed by atoms with Gasteiger partial charge in [0, 0.05) is 17.5 Å². The van der Waals surface area contributed by atoms with E-state index in [1.807, 2.05) is 36.6 Å². The number of para-hydroxylation sites is 1. The van der Waals surface area contributed by atoms with Crippen molar-refractivity contribution in [2.45, 2.75) is 30.8 Å². The SMILES string of the molecule is C=CCn1c(SC(C)C(=O)Nc2ccccc2C#N)nc2scc(-c3ccc(C)cc3)c2c1=O. The highest BCUT2D eigenvalue weighted by atomic mass is 32.2. The summed E-state index contributed by atoms with van der Waals surface area (Å²) in [4.78, 5) is 31.7. The number of benzene rings is 2. The Morgan fingerprint density at radius 3 is 2.74 bits per heavy atom. The summed E-state index contributed by atoms with van der Waals surface area (Å²) in [5.74, 6) is -0.279. The van der Waals surface area contributed by atoms with Crippen molar-refractivity contribution in [3.05, 3.63) is 88.0 Å². The average molecular weight is 487 g/mol. The van der Waals surface area contributed by atoms with E-state index in [1.165, 1.54) is 23.1 Å². The highest BCUT2D eigenvalue weighted by Crippen LogP contribution is 2.33. The van der Waals surface area contributed by atoms with Gasteiger partial charge >= 0.3 is 0 Å². The summed E-state index contributed by atoms with van der Waals surface area (Å²) in [6.45, 7) is 7.83. The molecule has 1 atom stereocenters. The monoisotopic (exact) mass is 486 g/mol. The molecular weight excluding hydrogens is 464 g/mol. The molecule has 0 spiro atoms. The third kappa shape index (κ3) is 4.67. The molecular formula is C26H22N4O2S2. The summed E-state index contributed by atoms with van der Waals surface area (Å²) in [5.41, 5.74) is 3.64. The highest BCUT2D eigenvalue weighted by Gasteiger charge is 2.22. The van der Waals surface area contributed by atoms with E-state index in [1.54, 1.807) is 41.8 Å². The van der Waals surface area contributed by atoms with Crippen LogP contribution >= 0.6 is 23.1 Å². The van der Waals surface area contributed by atoms with E-state index in [4.69, 9.17) is 4.98 Å². The zero-order valence-corrected chi connectivity index (χ0v) is 20.4. The molecule has 1 N–H and O–H groups in total. The van der Waals surface area contributed by atoms with Crippen LogP contribution in [-0.2, 0) is 11.3 Å². The number of thioether (sulfide) groups is 1. The molecule has 0 aliphatic rings. The molecule has 0 aliphatic heterocycles. The molecule has 1 amide bonds. The fourth-order valence-electron chi connectivity index (χ4n) is 3.47. The summed E-state index contributed by atoms with van der Waals surface area (Å²) >= 11 is 2.61. The number of anilines is 1. The van der Waals surface area contributed by atoms with Gasteiger partial charge in [0.1, 0.15) is 10.9 Å². The average Bonchev–Trinajstić information content (AvgIpc) is 3.26. The maximum atomic E-state index is 13.5. The molecule has 2 aromatic carbocycles.